The molecule has 1 N–H and O–H groups in total. The van der Waals surface area contributed by atoms with Gasteiger partial charge in [0.15, 0.2) is 6.61 Å². The van der Waals surface area contributed by atoms with E-state index in [2.05, 4.69) is 5.32 Å². The largest absolute Gasteiger partial charge is 0.452 e. The highest BCUT2D eigenvalue weighted by Gasteiger charge is 2.26. The summed E-state index contributed by atoms with van der Waals surface area (Å²) in [5.74, 6) is -1.37. The number of nitrogens with zero attached hydrogens (tertiary/aromatic N) is 2. The van der Waals surface area contributed by atoms with Crippen molar-refractivity contribution in [2.45, 2.75) is 30.6 Å². The van der Waals surface area contributed by atoms with Crippen molar-refractivity contribution in [2.75, 3.05) is 25.0 Å². The Labute approximate surface area is 181 Å². The second kappa shape index (κ2) is 10.2. The van der Waals surface area contributed by atoms with Crippen LogP contribution < -0.4 is 5.32 Å². The standard InChI is InChI=1S/C22H23N3O5S/c23-15-17-7-5-9-19(13-17)24-21(26)16-30-22(27)18-8-6-10-20(14-18)31(28,29)25-11-3-1-2-4-12-25/h5-10,13-14H,1-4,11-12,16H2,(H,24,26). The van der Waals surface area contributed by atoms with Gasteiger partial charge in [0.05, 0.1) is 22.1 Å². The highest BCUT2D eigenvalue weighted by atomic mass is 32.2. The summed E-state index contributed by atoms with van der Waals surface area (Å²) in [6, 6.07) is 13.9. The van der Waals surface area contributed by atoms with E-state index in [4.69, 9.17) is 10.00 Å². The van der Waals surface area contributed by atoms with E-state index in [9.17, 15) is 18.0 Å². The molecule has 0 aromatic heterocycles. The number of hydrogen-bond donors (Lipinski definition) is 1. The maximum Gasteiger partial charge on any atom is 0.338 e. The van der Waals surface area contributed by atoms with Gasteiger partial charge in [0.25, 0.3) is 5.91 Å². The summed E-state index contributed by atoms with van der Waals surface area (Å²) < 4.78 is 32.3. The van der Waals surface area contributed by atoms with Crippen molar-refractivity contribution in [3.8, 4) is 6.07 Å². The Hall–Kier alpha value is -3.22. The summed E-state index contributed by atoms with van der Waals surface area (Å²) in [5, 5.41) is 11.4. The van der Waals surface area contributed by atoms with Gasteiger partial charge in [0, 0.05) is 18.8 Å². The van der Waals surface area contributed by atoms with E-state index in [-0.39, 0.29) is 10.5 Å². The van der Waals surface area contributed by atoms with Crippen LogP contribution in [-0.4, -0.2) is 44.3 Å². The lowest BCUT2D eigenvalue weighted by Crippen LogP contribution is -2.32. The van der Waals surface area contributed by atoms with Crippen LogP contribution in [0.5, 0.6) is 0 Å². The van der Waals surface area contributed by atoms with Gasteiger partial charge in [-0.15, -0.1) is 0 Å². The Morgan fingerprint density at radius 2 is 1.74 bits per heavy atom. The molecule has 0 radical (unpaired) electrons. The molecule has 3 rings (SSSR count). The molecule has 2 aromatic carbocycles. The molecule has 0 bridgehead atoms. The smallest absolute Gasteiger partial charge is 0.338 e. The summed E-state index contributed by atoms with van der Waals surface area (Å²) in [5.41, 5.74) is 0.845. The van der Waals surface area contributed by atoms with Crippen LogP contribution in [0, 0.1) is 11.3 Å². The first kappa shape index (κ1) is 22.5. The number of nitrogens with one attached hydrogen (secondary N) is 1. The number of nitriles is 1. The van der Waals surface area contributed by atoms with Gasteiger partial charge in [0.1, 0.15) is 0 Å². The fraction of sp³-hybridized carbons (Fsp3) is 0.318. The zero-order valence-electron chi connectivity index (χ0n) is 16.9. The second-order valence-corrected chi connectivity index (χ2v) is 9.10. The van der Waals surface area contributed by atoms with Crippen LogP contribution in [0.2, 0.25) is 0 Å². The van der Waals surface area contributed by atoms with Gasteiger partial charge in [-0.1, -0.05) is 25.0 Å². The molecule has 1 fully saturated rings. The monoisotopic (exact) mass is 441 g/mol. The number of carbonyl (C=O) groups excluding carboxylic acids is 2. The number of rotatable bonds is 6. The molecule has 0 spiro atoms. The average molecular weight is 442 g/mol. The maximum atomic E-state index is 12.9. The lowest BCUT2D eigenvalue weighted by Gasteiger charge is -2.20. The first-order valence-electron chi connectivity index (χ1n) is 9.97. The van der Waals surface area contributed by atoms with Crippen LogP contribution in [0.1, 0.15) is 41.6 Å². The van der Waals surface area contributed by atoms with E-state index in [1.807, 2.05) is 6.07 Å². The molecule has 0 atom stereocenters. The van der Waals surface area contributed by atoms with Crippen LogP contribution in [0.3, 0.4) is 0 Å². The van der Waals surface area contributed by atoms with Crippen LogP contribution in [0.25, 0.3) is 0 Å². The molecule has 0 saturated carbocycles. The summed E-state index contributed by atoms with van der Waals surface area (Å²) in [6.07, 6.45) is 3.63. The Kier molecular flexibility index (Phi) is 7.39. The fourth-order valence-electron chi connectivity index (χ4n) is 3.29. The summed E-state index contributed by atoms with van der Waals surface area (Å²) in [4.78, 5) is 24.4. The predicted octanol–water partition coefficient (Wildman–Crippen LogP) is 2.92. The SMILES string of the molecule is N#Cc1cccc(NC(=O)COC(=O)c2cccc(S(=O)(=O)N3CCCCCC3)c2)c1. The van der Waals surface area contributed by atoms with Crippen molar-refractivity contribution < 1.29 is 22.7 Å². The topological polar surface area (TPSA) is 117 Å². The zero-order chi connectivity index (χ0) is 22.3. The molecule has 2 aromatic rings. The molecule has 0 aliphatic carbocycles. The van der Waals surface area contributed by atoms with Crippen molar-refractivity contribution in [3.63, 3.8) is 0 Å². The van der Waals surface area contributed by atoms with E-state index in [1.54, 1.807) is 18.2 Å². The molecule has 1 aliphatic rings. The van der Waals surface area contributed by atoms with Crippen molar-refractivity contribution in [2.24, 2.45) is 0 Å². The van der Waals surface area contributed by atoms with Gasteiger partial charge in [-0.05, 0) is 49.2 Å². The number of ether oxygens (including phenoxy) is 1. The number of anilines is 1. The molecule has 8 nitrogen and oxygen atoms in total. The van der Waals surface area contributed by atoms with E-state index < -0.39 is 28.5 Å². The Morgan fingerprint density at radius 3 is 2.45 bits per heavy atom. The number of carbonyl (C=O) groups is 2. The first-order valence-corrected chi connectivity index (χ1v) is 11.4. The number of hydrogen-bond acceptors (Lipinski definition) is 6. The molecule has 1 amide bonds. The third kappa shape index (κ3) is 5.90. The number of sulfonamides is 1. The Morgan fingerprint density at radius 1 is 1.03 bits per heavy atom. The lowest BCUT2D eigenvalue weighted by atomic mass is 10.2. The summed E-state index contributed by atoms with van der Waals surface area (Å²) in [7, 11) is -3.70. The fourth-order valence-corrected chi connectivity index (χ4v) is 4.86. The van der Waals surface area contributed by atoms with Crippen molar-refractivity contribution in [3.05, 3.63) is 59.7 Å². The van der Waals surface area contributed by atoms with Gasteiger partial charge in [-0.2, -0.15) is 9.57 Å². The quantitative estimate of drug-likeness (QED) is 0.689. The zero-order valence-corrected chi connectivity index (χ0v) is 17.7. The molecule has 1 aliphatic heterocycles. The number of esters is 1. The van der Waals surface area contributed by atoms with E-state index in [1.165, 1.54) is 34.6 Å². The highest BCUT2D eigenvalue weighted by molar-refractivity contribution is 7.89. The number of amides is 1. The third-order valence-corrected chi connectivity index (χ3v) is 6.78. The second-order valence-electron chi connectivity index (χ2n) is 7.16. The first-order chi connectivity index (χ1) is 14.9. The molecule has 1 heterocycles. The van der Waals surface area contributed by atoms with Gasteiger partial charge >= 0.3 is 5.97 Å². The van der Waals surface area contributed by atoms with Crippen molar-refractivity contribution in [1.82, 2.24) is 4.31 Å². The van der Waals surface area contributed by atoms with Gasteiger partial charge in [-0.25, -0.2) is 13.2 Å². The van der Waals surface area contributed by atoms with E-state index in [0.29, 0.717) is 24.3 Å². The molecule has 9 heteroatoms. The lowest BCUT2D eigenvalue weighted by molar-refractivity contribution is -0.119. The molecule has 1 saturated heterocycles. The van der Waals surface area contributed by atoms with Crippen molar-refractivity contribution in [1.29, 1.82) is 5.26 Å². The minimum Gasteiger partial charge on any atom is -0.452 e. The van der Waals surface area contributed by atoms with Crippen molar-refractivity contribution >= 4 is 27.6 Å². The molecular formula is C22H23N3O5S. The van der Waals surface area contributed by atoms with Crippen LogP contribution in [0.4, 0.5) is 5.69 Å². The normalized spacial score (nSPS) is 14.8. The maximum absolute atomic E-state index is 12.9. The van der Waals surface area contributed by atoms with Crippen LogP contribution in [-0.2, 0) is 19.6 Å². The van der Waals surface area contributed by atoms with Crippen LogP contribution in [0.15, 0.2) is 53.4 Å². The summed E-state index contributed by atoms with van der Waals surface area (Å²) in [6.45, 7) is 0.382. The van der Waals surface area contributed by atoms with Crippen LogP contribution >= 0.6 is 0 Å². The van der Waals surface area contributed by atoms with Gasteiger partial charge in [-0.3, -0.25) is 4.79 Å². The van der Waals surface area contributed by atoms with E-state index >= 15 is 0 Å². The molecule has 162 valence electrons. The molecule has 0 unspecified atom stereocenters. The molecule has 31 heavy (non-hydrogen) atoms. The number of benzene rings is 2. The Balaban J connectivity index is 1.63. The minimum atomic E-state index is -3.70. The third-order valence-electron chi connectivity index (χ3n) is 4.88. The average Bonchev–Trinajstić information content (AvgIpc) is 3.08. The molecular weight excluding hydrogens is 418 g/mol. The highest BCUT2D eigenvalue weighted by Crippen LogP contribution is 2.21. The van der Waals surface area contributed by atoms with E-state index in [0.717, 1.165) is 25.7 Å². The Bertz CT molecular complexity index is 1100. The minimum absolute atomic E-state index is 0.0293. The van der Waals surface area contributed by atoms with Gasteiger partial charge in [0.2, 0.25) is 10.0 Å². The predicted molar refractivity (Wildman–Crippen MR) is 114 cm³/mol. The summed E-state index contributed by atoms with van der Waals surface area (Å²) >= 11 is 0. The van der Waals surface area contributed by atoms with Gasteiger partial charge < -0.3 is 10.1 Å².